The van der Waals surface area contributed by atoms with Gasteiger partial charge in [-0.05, 0) is 42.3 Å². The Balaban J connectivity index is 1.32. The first-order valence-corrected chi connectivity index (χ1v) is 10.1. The Morgan fingerprint density at radius 1 is 1.03 bits per heavy atom. The first-order chi connectivity index (χ1) is 14.3. The second-order valence-corrected chi connectivity index (χ2v) is 7.47. The number of methoxy groups -OCH3 is 1. The number of benzene rings is 2. The van der Waals surface area contributed by atoms with Crippen LogP contribution >= 0.6 is 0 Å². The lowest BCUT2D eigenvalue weighted by Crippen LogP contribution is -2.32. The van der Waals surface area contributed by atoms with E-state index in [1.54, 1.807) is 7.11 Å². The summed E-state index contributed by atoms with van der Waals surface area (Å²) in [6, 6.07) is 20.9. The maximum absolute atomic E-state index is 5.31. The van der Waals surface area contributed by atoms with Crippen molar-refractivity contribution in [1.82, 2.24) is 14.5 Å². The molecular formula is C24H24N4O. The molecule has 4 aromatic rings. The summed E-state index contributed by atoms with van der Waals surface area (Å²) in [6.45, 7) is 2.74. The van der Waals surface area contributed by atoms with Gasteiger partial charge in [0.1, 0.15) is 11.6 Å². The number of nitrogens with zero attached hydrogens (tertiary/aromatic N) is 4. The number of aryl methyl sites for hydroxylation is 2. The highest BCUT2D eigenvalue weighted by molar-refractivity contribution is 5.81. The maximum atomic E-state index is 5.31. The van der Waals surface area contributed by atoms with Crippen LogP contribution in [0.1, 0.15) is 17.0 Å². The molecule has 0 spiro atoms. The number of fused-ring (bicyclic) bond motifs is 2. The molecule has 0 unspecified atom stereocenters. The van der Waals surface area contributed by atoms with E-state index in [4.69, 9.17) is 14.7 Å². The van der Waals surface area contributed by atoms with Gasteiger partial charge in [-0.1, -0.05) is 30.3 Å². The molecule has 29 heavy (non-hydrogen) atoms. The first kappa shape index (κ1) is 17.7. The van der Waals surface area contributed by atoms with Crippen LogP contribution in [-0.4, -0.2) is 28.2 Å². The molecule has 0 aliphatic carbocycles. The third-order valence-corrected chi connectivity index (χ3v) is 5.68. The van der Waals surface area contributed by atoms with E-state index in [0.29, 0.717) is 0 Å². The molecule has 5 nitrogen and oxygen atoms in total. The van der Waals surface area contributed by atoms with Gasteiger partial charge < -0.3 is 14.2 Å². The van der Waals surface area contributed by atoms with Gasteiger partial charge >= 0.3 is 0 Å². The quantitative estimate of drug-likeness (QED) is 0.516. The van der Waals surface area contributed by atoms with Crippen molar-refractivity contribution in [3.63, 3.8) is 0 Å². The minimum absolute atomic E-state index is 0.808. The molecule has 146 valence electrons. The highest BCUT2D eigenvalue weighted by atomic mass is 16.5. The van der Waals surface area contributed by atoms with Crippen molar-refractivity contribution >= 4 is 16.7 Å². The van der Waals surface area contributed by atoms with Gasteiger partial charge in [0.2, 0.25) is 0 Å². The summed E-state index contributed by atoms with van der Waals surface area (Å²) >= 11 is 0. The summed E-state index contributed by atoms with van der Waals surface area (Å²) < 4.78 is 7.63. The number of aromatic nitrogens is 3. The molecule has 5 rings (SSSR count). The van der Waals surface area contributed by atoms with Crippen molar-refractivity contribution in [2.45, 2.75) is 25.9 Å². The second-order valence-electron chi connectivity index (χ2n) is 7.47. The molecular weight excluding hydrogens is 360 g/mol. The van der Waals surface area contributed by atoms with Gasteiger partial charge in [0.25, 0.3) is 0 Å². The van der Waals surface area contributed by atoms with E-state index in [9.17, 15) is 0 Å². The van der Waals surface area contributed by atoms with Crippen LogP contribution in [0.5, 0.6) is 5.75 Å². The first-order valence-electron chi connectivity index (χ1n) is 10.1. The summed E-state index contributed by atoms with van der Waals surface area (Å²) in [5.41, 5.74) is 4.88. The zero-order valence-corrected chi connectivity index (χ0v) is 16.6. The molecule has 0 saturated heterocycles. The molecule has 1 aliphatic rings. The van der Waals surface area contributed by atoms with Crippen LogP contribution in [0.2, 0.25) is 0 Å². The van der Waals surface area contributed by atoms with Crippen LogP contribution in [0.3, 0.4) is 0 Å². The number of hydrogen-bond acceptors (Lipinski definition) is 4. The van der Waals surface area contributed by atoms with Crippen molar-refractivity contribution in [2.24, 2.45) is 0 Å². The molecule has 0 amide bonds. The molecule has 0 fully saturated rings. The van der Waals surface area contributed by atoms with Crippen molar-refractivity contribution in [3.05, 3.63) is 83.9 Å². The number of pyridine rings is 1. The number of rotatable bonds is 5. The zero-order valence-electron chi connectivity index (χ0n) is 16.6. The molecule has 2 aromatic heterocycles. The Morgan fingerprint density at radius 2 is 1.93 bits per heavy atom. The average Bonchev–Trinajstić information content (AvgIpc) is 3.20. The third-order valence-electron chi connectivity index (χ3n) is 5.68. The predicted molar refractivity (Wildman–Crippen MR) is 115 cm³/mol. The number of hydrogen-bond donors (Lipinski definition) is 0. The Labute approximate surface area is 170 Å². The number of ether oxygens (including phenoxy) is 1. The average molecular weight is 384 g/mol. The normalized spacial score (nSPS) is 13.5. The number of anilines is 1. The summed E-state index contributed by atoms with van der Waals surface area (Å²) in [7, 11) is 1.69. The molecule has 3 heterocycles. The highest BCUT2D eigenvalue weighted by Crippen LogP contribution is 2.26. The van der Waals surface area contributed by atoms with Crippen molar-refractivity contribution < 1.29 is 4.74 Å². The molecule has 0 saturated carbocycles. The van der Waals surface area contributed by atoms with Gasteiger partial charge in [0.05, 0.1) is 31.2 Å². The van der Waals surface area contributed by atoms with E-state index in [1.807, 2.05) is 24.5 Å². The lowest BCUT2D eigenvalue weighted by molar-refractivity contribution is 0.415. The van der Waals surface area contributed by atoms with E-state index in [2.05, 4.69) is 51.9 Å². The largest absolute Gasteiger partial charge is 0.497 e. The summed E-state index contributed by atoms with van der Waals surface area (Å²) in [5.74, 6) is 1.86. The minimum Gasteiger partial charge on any atom is -0.497 e. The fourth-order valence-electron chi connectivity index (χ4n) is 4.05. The Kier molecular flexibility index (Phi) is 4.64. The van der Waals surface area contributed by atoms with E-state index in [1.165, 1.54) is 17.0 Å². The summed E-state index contributed by atoms with van der Waals surface area (Å²) in [6.07, 6.45) is 4.02. The van der Waals surface area contributed by atoms with Crippen molar-refractivity contribution in [3.8, 4) is 5.75 Å². The van der Waals surface area contributed by atoms with Crippen molar-refractivity contribution in [2.75, 3.05) is 18.6 Å². The van der Waals surface area contributed by atoms with Gasteiger partial charge in [0, 0.05) is 30.6 Å². The maximum Gasteiger partial charge on any atom is 0.129 e. The van der Waals surface area contributed by atoms with Crippen LogP contribution in [0, 0.1) is 0 Å². The van der Waals surface area contributed by atoms with Gasteiger partial charge in [-0.2, -0.15) is 0 Å². The Hall–Kier alpha value is -3.34. The van der Waals surface area contributed by atoms with E-state index in [-0.39, 0.29) is 0 Å². The van der Waals surface area contributed by atoms with E-state index >= 15 is 0 Å². The Morgan fingerprint density at radius 3 is 2.79 bits per heavy atom. The smallest absolute Gasteiger partial charge is 0.129 e. The summed E-state index contributed by atoms with van der Waals surface area (Å²) in [5, 5.41) is 1.09. The van der Waals surface area contributed by atoms with Crippen LogP contribution in [-0.2, 0) is 25.9 Å². The van der Waals surface area contributed by atoms with E-state index in [0.717, 1.165) is 54.9 Å². The Bertz CT molecular complexity index is 1140. The van der Waals surface area contributed by atoms with Gasteiger partial charge in [-0.15, -0.1) is 0 Å². The number of imidazole rings is 1. The van der Waals surface area contributed by atoms with Crippen LogP contribution < -0.4 is 9.64 Å². The summed E-state index contributed by atoms with van der Waals surface area (Å²) in [4.78, 5) is 11.9. The minimum atomic E-state index is 0.808. The van der Waals surface area contributed by atoms with Gasteiger partial charge in [-0.3, -0.25) is 0 Å². The lowest BCUT2D eigenvalue weighted by atomic mass is 10.1. The SMILES string of the molecule is COc1ccc2nc(N3CCc4c(ncn4CCc4ccccc4)C3)ccc2c1. The fourth-order valence-corrected chi connectivity index (χ4v) is 4.05. The molecule has 0 bridgehead atoms. The van der Waals surface area contributed by atoms with E-state index < -0.39 is 0 Å². The van der Waals surface area contributed by atoms with Crippen LogP contribution in [0.4, 0.5) is 5.82 Å². The van der Waals surface area contributed by atoms with Crippen LogP contribution in [0.25, 0.3) is 10.9 Å². The zero-order chi connectivity index (χ0) is 19.6. The monoisotopic (exact) mass is 384 g/mol. The topological polar surface area (TPSA) is 43.2 Å². The predicted octanol–water partition coefficient (Wildman–Crippen LogP) is 4.25. The molecule has 0 N–H and O–H groups in total. The van der Waals surface area contributed by atoms with Crippen molar-refractivity contribution in [1.29, 1.82) is 0 Å². The molecule has 0 radical (unpaired) electrons. The highest BCUT2D eigenvalue weighted by Gasteiger charge is 2.22. The third kappa shape index (κ3) is 3.56. The van der Waals surface area contributed by atoms with Gasteiger partial charge in [-0.25, -0.2) is 9.97 Å². The second kappa shape index (κ2) is 7.59. The van der Waals surface area contributed by atoms with Crippen LogP contribution in [0.15, 0.2) is 67.0 Å². The standard InChI is InChI=1S/C24H24N4O/c1-29-20-8-9-21-19(15-20)7-10-24(26-21)27-14-12-23-22(16-27)25-17-28(23)13-11-18-5-3-2-4-6-18/h2-10,15,17H,11-14,16H2,1H3. The lowest BCUT2D eigenvalue weighted by Gasteiger charge is -2.28. The van der Waals surface area contributed by atoms with Gasteiger partial charge in [0.15, 0.2) is 0 Å². The molecule has 2 aromatic carbocycles. The molecule has 5 heteroatoms. The molecule has 0 atom stereocenters. The fraction of sp³-hybridized carbons (Fsp3) is 0.250. The molecule has 1 aliphatic heterocycles.